The van der Waals surface area contributed by atoms with Crippen LogP contribution in [0.25, 0.3) is 4.96 Å². The first kappa shape index (κ1) is 13.0. The van der Waals surface area contributed by atoms with Crippen LogP contribution in [0.5, 0.6) is 0 Å². The molecule has 6 nitrogen and oxygen atoms in total. The Morgan fingerprint density at radius 1 is 1.50 bits per heavy atom. The van der Waals surface area contributed by atoms with E-state index in [4.69, 9.17) is 0 Å². The highest BCUT2D eigenvalue weighted by Gasteiger charge is 2.08. The molecule has 20 heavy (non-hydrogen) atoms. The van der Waals surface area contributed by atoms with Crippen LogP contribution in [-0.2, 0) is 13.6 Å². The summed E-state index contributed by atoms with van der Waals surface area (Å²) in [5, 5.41) is 9.36. The van der Waals surface area contributed by atoms with Crippen LogP contribution in [0.15, 0.2) is 34.8 Å². The van der Waals surface area contributed by atoms with Gasteiger partial charge in [0, 0.05) is 49.0 Å². The van der Waals surface area contributed by atoms with Crippen molar-refractivity contribution in [1.82, 2.24) is 24.5 Å². The van der Waals surface area contributed by atoms with E-state index in [9.17, 15) is 4.79 Å². The van der Waals surface area contributed by atoms with Crippen LogP contribution in [0.3, 0.4) is 0 Å². The number of hydrogen-bond acceptors (Lipinski definition) is 5. The van der Waals surface area contributed by atoms with Crippen LogP contribution in [0.2, 0.25) is 0 Å². The van der Waals surface area contributed by atoms with E-state index in [0.29, 0.717) is 6.54 Å². The number of fused-ring (bicyclic) bond motifs is 1. The summed E-state index contributed by atoms with van der Waals surface area (Å²) in [6.45, 7) is 2.62. The number of nitrogens with zero attached hydrogens (tertiary/aromatic N) is 4. The van der Waals surface area contributed by atoms with Gasteiger partial charge in [-0.05, 0) is 6.92 Å². The molecule has 1 N–H and O–H groups in total. The lowest BCUT2D eigenvalue weighted by molar-refractivity contribution is 0.567. The fraction of sp³-hybridized carbons (Fsp3) is 0.308. The van der Waals surface area contributed by atoms with Crippen LogP contribution >= 0.6 is 11.3 Å². The van der Waals surface area contributed by atoms with E-state index in [0.717, 1.165) is 16.2 Å². The van der Waals surface area contributed by atoms with Crippen LogP contribution in [0.1, 0.15) is 24.2 Å². The largest absolute Gasteiger partial charge is 0.304 e. The molecule has 3 heterocycles. The maximum absolute atomic E-state index is 11.9. The maximum Gasteiger partial charge on any atom is 0.258 e. The summed E-state index contributed by atoms with van der Waals surface area (Å²) in [5.74, 6) is 0. The Kier molecular flexibility index (Phi) is 3.37. The molecule has 0 amide bonds. The Hall–Kier alpha value is -1.99. The zero-order valence-electron chi connectivity index (χ0n) is 11.3. The third-order valence-corrected chi connectivity index (χ3v) is 3.93. The second-order valence-electron chi connectivity index (χ2n) is 4.69. The Bertz CT molecular complexity index is 787. The van der Waals surface area contributed by atoms with Crippen molar-refractivity contribution in [1.29, 1.82) is 0 Å². The topological polar surface area (TPSA) is 64.2 Å². The highest BCUT2D eigenvalue weighted by atomic mass is 32.1. The molecule has 7 heteroatoms. The highest BCUT2D eigenvalue weighted by Crippen LogP contribution is 2.11. The molecule has 1 atom stereocenters. The molecule has 0 fully saturated rings. The van der Waals surface area contributed by atoms with Crippen molar-refractivity contribution in [3.8, 4) is 0 Å². The minimum atomic E-state index is -0.0397. The Morgan fingerprint density at radius 3 is 3.10 bits per heavy atom. The van der Waals surface area contributed by atoms with Gasteiger partial charge in [-0.15, -0.1) is 11.3 Å². The SMILES string of the molecule is C[C@H](NCc1cc(=O)n2ccsc2n1)c1cnn(C)c1. The molecule has 3 aromatic rings. The summed E-state index contributed by atoms with van der Waals surface area (Å²) in [4.78, 5) is 17.1. The first-order valence-electron chi connectivity index (χ1n) is 6.31. The first-order valence-corrected chi connectivity index (χ1v) is 7.19. The van der Waals surface area contributed by atoms with Crippen molar-refractivity contribution in [2.75, 3.05) is 0 Å². The van der Waals surface area contributed by atoms with Gasteiger partial charge in [0.1, 0.15) is 0 Å². The molecular weight excluding hydrogens is 274 g/mol. The monoisotopic (exact) mass is 289 g/mol. The van der Waals surface area contributed by atoms with E-state index in [2.05, 4.69) is 22.3 Å². The number of aromatic nitrogens is 4. The van der Waals surface area contributed by atoms with E-state index < -0.39 is 0 Å². The minimum absolute atomic E-state index is 0.0397. The molecule has 0 saturated carbocycles. The predicted molar refractivity (Wildman–Crippen MR) is 77.8 cm³/mol. The van der Waals surface area contributed by atoms with E-state index in [1.807, 2.05) is 24.8 Å². The van der Waals surface area contributed by atoms with E-state index in [-0.39, 0.29) is 11.6 Å². The number of rotatable bonds is 4. The van der Waals surface area contributed by atoms with Crippen LogP contribution in [0, 0.1) is 0 Å². The molecule has 0 aliphatic rings. The summed E-state index contributed by atoms with van der Waals surface area (Å²) in [6.07, 6.45) is 5.55. The molecule has 0 unspecified atom stereocenters. The molecule has 0 saturated heterocycles. The van der Waals surface area contributed by atoms with Gasteiger partial charge in [-0.25, -0.2) is 4.98 Å². The molecule has 0 spiro atoms. The highest BCUT2D eigenvalue weighted by molar-refractivity contribution is 7.15. The fourth-order valence-corrected chi connectivity index (χ4v) is 2.76. The number of hydrogen-bond donors (Lipinski definition) is 1. The van der Waals surface area contributed by atoms with Crippen LogP contribution < -0.4 is 10.9 Å². The second kappa shape index (κ2) is 5.18. The average molecular weight is 289 g/mol. The van der Waals surface area contributed by atoms with Gasteiger partial charge in [0.15, 0.2) is 4.96 Å². The predicted octanol–water partition coefficient (Wildman–Crippen LogP) is 1.34. The Balaban J connectivity index is 1.75. The quantitative estimate of drug-likeness (QED) is 0.787. The molecule has 0 radical (unpaired) electrons. The lowest BCUT2D eigenvalue weighted by atomic mass is 10.2. The van der Waals surface area contributed by atoms with Gasteiger partial charge in [-0.1, -0.05) is 0 Å². The second-order valence-corrected chi connectivity index (χ2v) is 5.56. The summed E-state index contributed by atoms with van der Waals surface area (Å²) in [7, 11) is 1.89. The zero-order valence-corrected chi connectivity index (χ0v) is 12.1. The van der Waals surface area contributed by atoms with E-state index >= 15 is 0 Å². The standard InChI is InChI=1S/C13H15N5OS/c1-9(10-6-15-17(2)8-10)14-7-11-5-12(19)18-3-4-20-13(18)16-11/h3-6,8-9,14H,7H2,1-2H3/t9-/m0/s1. The molecule has 0 bridgehead atoms. The third kappa shape index (κ3) is 2.50. The van der Waals surface area contributed by atoms with Gasteiger partial charge in [-0.3, -0.25) is 13.9 Å². The minimum Gasteiger partial charge on any atom is -0.304 e. The lowest BCUT2D eigenvalue weighted by Gasteiger charge is -2.11. The first-order chi connectivity index (χ1) is 9.63. The molecule has 3 rings (SSSR count). The summed E-state index contributed by atoms with van der Waals surface area (Å²) in [6, 6.07) is 1.73. The summed E-state index contributed by atoms with van der Waals surface area (Å²) < 4.78 is 3.33. The van der Waals surface area contributed by atoms with Gasteiger partial charge < -0.3 is 5.32 Å². The van der Waals surface area contributed by atoms with Crippen LogP contribution in [0.4, 0.5) is 0 Å². The van der Waals surface area contributed by atoms with E-state index in [1.54, 1.807) is 21.3 Å². The van der Waals surface area contributed by atoms with E-state index in [1.165, 1.54) is 11.3 Å². The summed E-state index contributed by atoms with van der Waals surface area (Å²) in [5.41, 5.74) is 1.83. The number of aryl methyl sites for hydroxylation is 1. The van der Waals surface area contributed by atoms with Crippen molar-refractivity contribution in [3.05, 3.63) is 51.6 Å². The van der Waals surface area contributed by atoms with Gasteiger partial charge in [0.2, 0.25) is 0 Å². The molecule has 0 aliphatic carbocycles. The maximum atomic E-state index is 11.9. The van der Waals surface area contributed by atoms with Gasteiger partial charge >= 0.3 is 0 Å². The Labute approximate surface area is 119 Å². The van der Waals surface area contributed by atoms with Crippen molar-refractivity contribution in [2.45, 2.75) is 19.5 Å². The average Bonchev–Trinajstić information content (AvgIpc) is 3.04. The van der Waals surface area contributed by atoms with Gasteiger partial charge in [0.25, 0.3) is 5.56 Å². The fourth-order valence-electron chi connectivity index (χ4n) is 2.02. The molecular formula is C13H15N5OS. The smallest absolute Gasteiger partial charge is 0.258 e. The van der Waals surface area contributed by atoms with Gasteiger partial charge in [0.05, 0.1) is 11.9 Å². The van der Waals surface area contributed by atoms with Crippen LogP contribution in [-0.4, -0.2) is 19.2 Å². The van der Waals surface area contributed by atoms with Crippen molar-refractivity contribution >= 4 is 16.3 Å². The lowest BCUT2D eigenvalue weighted by Crippen LogP contribution is -2.21. The number of nitrogens with one attached hydrogen (secondary N) is 1. The van der Waals surface area contributed by atoms with Crippen molar-refractivity contribution in [2.24, 2.45) is 7.05 Å². The summed E-state index contributed by atoms with van der Waals surface area (Å²) >= 11 is 1.46. The molecule has 0 aliphatic heterocycles. The third-order valence-electron chi connectivity index (χ3n) is 3.17. The number of thiazole rings is 1. The zero-order chi connectivity index (χ0) is 14.1. The van der Waals surface area contributed by atoms with Crippen molar-refractivity contribution in [3.63, 3.8) is 0 Å². The molecule has 104 valence electrons. The molecule has 3 aromatic heterocycles. The van der Waals surface area contributed by atoms with Gasteiger partial charge in [-0.2, -0.15) is 5.10 Å². The Morgan fingerprint density at radius 2 is 2.35 bits per heavy atom. The molecule has 0 aromatic carbocycles. The van der Waals surface area contributed by atoms with Crippen molar-refractivity contribution < 1.29 is 0 Å². The normalized spacial score (nSPS) is 12.9.